The first-order chi connectivity index (χ1) is 19.3. The first kappa shape index (κ1) is 34.5. The third kappa shape index (κ3) is 6.71. The molecule has 42 heavy (non-hydrogen) atoms. The molecule has 232 valence electrons. The van der Waals surface area contributed by atoms with E-state index in [4.69, 9.17) is 0 Å². The van der Waals surface area contributed by atoms with E-state index in [2.05, 4.69) is 132 Å². The molecule has 0 saturated carbocycles. The van der Waals surface area contributed by atoms with Gasteiger partial charge in [0.25, 0.3) is 0 Å². The van der Waals surface area contributed by atoms with Crippen LogP contribution in [0.25, 0.3) is 22.3 Å². The molecule has 0 aliphatic rings. The predicted octanol–water partition coefficient (Wildman–Crippen LogP) is 9.87. The van der Waals surface area contributed by atoms with Gasteiger partial charge in [-0.25, -0.2) is 0 Å². The molecule has 3 aromatic carbocycles. The Bertz CT molecular complexity index is 1370. The fourth-order valence-corrected chi connectivity index (χ4v) is 6.96. The van der Waals surface area contributed by atoms with Gasteiger partial charge < -0.3 is 0 Å². The van der Waals surface area contributed by atoms with Crippen molar-refractivity contribution in [1.82, 2.24) is 0 Å². The molecule has 0 spiro atoms. The van der Waals surface area contributed by atoms with Crippen LogP contribution in [0, 0.1) is 0 Å². The molecule has 0 aliphatic carbocycles. The van der Waals surface area contributed by atoms with E-state index >= 15 is 0 Å². The van der Waals surface area contributed by atoms with Crippen molar-refractivity contribution in [3.8, 4) is 22.3 Å². The molecule has 0 atom stereocenters. The minimum absolute atomic E-state index is 0.0555. The van der Waals surface area contributed by atoms with E-state index in [9.17, 15) is 14.7 Å². The third-order valence-electron chi connectivity index (χ3n) is 10.5. The summed E-state index contributed by atoms with van der Waals surface area (Å²) in [4.78, 5) is 33.1. The summed E-state index contributed by atoms with van der Waals surface area (Å²) in [5, 5.41) is 0.283. The zero-order valence-electron chi connectivity index (χ0n) is 28.4. The summed E-state index contributed by atoms with van der Waals surface area (Å²) in [7, 11) is -4.72. The van der Waals surface area contributed by atoms with E-state index in [0.717, 1.165) is 53.5 Å². The molecule has 0 aromatic heterocycles. The van der Waals surface area contributed by atoms with Gasteiger partial charge in [-0.2, -0.15) is 0 Å². The quantitative estimate of drug-likeness (QED) is 0.194. The van der Waals surface area contributed by atoms with Gasteiger partial charge in [-0.1, -0.05) is 0 Å². The van der Waals surface area contributed by atoms with Crippen LogP contribution in [0.3, 0.4) is 0 Å². The Hall–Kier alpha value is -2.03. The second-order valence-electron chi connectivity index (χ2n) is 14.8. The maximum atomic E-state index is 11.0. The van der Waals surface area contributed by atoms with Gasteiger partial charge in [0.2, 0.25) is 0 Å². The Morgan fingerprint density at radius 1 is 0.500 bits per heavy atom. The molecule has 4 heteroatoms. The molecular weight excluding hydrogens is 535 g/mol. The second kappa shape index (κ2) is 12.2. The first-order valence-electron chi connectivity index (χ1n) is 15.9. The molecular formula is C38H57O3P. The Morgan fingerprint density at radius 2 is 0.857 bits per heavy atom. The van der Waals surface area contributed by atoms with Crippen LogP contribution in [-0.2, 0) is 21.7 Å². The molecule has 3 rings (SSSR count). The Kier molecular flexibility index (Phi) is 9.98. The summed E-state index contributed by atoms with van der Waals surface area (Å²) in [6.45, 7) is 26.7. The first-order valence-corrected chi connectivity index (χ1v) is 17.7. The van der Waals surface area contributed by atoms with Crippen molar-refractivity contribution in [3.05, 3.63) is 76.9 Å². The van der Waals surface area contributed by atoms with E-state index in [-0.39, 0.29) is 21.5 Å². The van der Waals surface area contributed by atoms with Crippen LogP contribution in [0.2, 0.25) is 0 Å². The molecule has 3 N–H and O–H groups in total. The van der Waals surface area contributed by atoms with Crippen LogP contribution in [0.15, 0.2) is 54.6 Å². The van der Waals surface area contributed by atoms with Crippen molar-refractivity contribution in [1.29, 1.82) is 0 Å². The van der Waals surface area contributed by atoms with E-state index in [1.807, 2.05) is 6.07 Å². The van der Waals surface area contributed by atoms with Crippen LogP contribution >= 0.6 is 7.94 Å². The molecule has 3 aromatic rings. The monoisotopic (exact) mass is 592 g/mol. The van der Waals surface area contributed by atoms with Crippen molar-refractivity contribution in [2.75, 3.05) is 0 Å². The normalized spacial score (nSPS) is 13.9. The van der Waals surface area contributed by atoms with Gasteiger partial charge in [0.1, 0.15) is 0 Å². The second-order valence-corrected chi connectivity index (χ2v) is 16.6. The van der Waals surface area contributed by atoms with Crippen LogP contribution in [0.5, 0.6) is 0 Å². The number of hydrogen-bond donors (Lipinski definition) is 3. The van der Waals surface area contributed by atoms with Gasteiger partial charge in [-0.3, -0.25) is 0 Å². The molecule has 3 nitrogen and oxygen atoms in total. The molecule has 0 unspecified atom stereocenters. The standard InChI is InChI=1S/C38H57O3P/c1-13-35(5,6)28-21-17-26(18-22-28)30-25-31(42(39,40)41)34(38(11,12)16-4)32(33(30)37(9,10)15-3)27-19-23-29(24-20-27)36(7,8)14-2/h17-25,39-42H,13-16H2,1-12H3. The van der Waals surface area contributed by atoms with Crippen LogP contribution in [-0.4, -0.2) is 14.7 Å². The van der Waals surface area contributed by atoms with Gasteiger partial charge in [0.05, 0.1) is 0 Å². The molecule has 0 fully saturated rings. The zero-order chi connectivity index (χ0) is 31.9. The maximum absolute atomic E-state index is 11.0. The number of benzene rings is 3. The Labute approximate surface area is 257 Å². The summed E-state index contributed by atoms with van der Waals surface area (Å²) in [5.41, 5.74) is 8.11. The molecule has 0 bridgehead atoms. The topological polar surface area (TPSA) is 60.7 Å². The predicted molar refractivity (Wildman–Crippen MR) is 185 cm³/mol. The average molecular weight is 593 g/mol. The zero-order valence-corrected chi connectivity index (χ0v) is 29.4. The van der Waals surface area contributed by atoms with Crippen molar-refractivity contribution in [2.45, 2.75) is 130 Å². The molecule has 0 heterocycles. The van der Waals surface area contributed by atoms with Crippen molar-refractivity contribution < 1.29 is 14.7 Å². The number of rotatable bonds is 11. The molecule has 0 amide bonds. The fraction of sp³-hybridized carbons (Fsp3) is 0.526. The average Bonchev–Trinajstić information content (AvgIpc) is 2.95. The minimum atomic E-state index is -4.72. The summed E-state index contributed by atoms with van der Waals surface area (Å²) in [5.74, 6) is 0. The van der Waals surface area contributed by atoms with Gasteiger partial charge >= 0.3 is 257 Å². The van der Waals surface area contributed by atoms with Crippen molar-refractivity contribution >= 4 is 13.2 Å². The van der Waals surface area contributed by atoms with Crippen LogP contribution < -0.4 is 5.30 Å². The Morgan fingerprint density at radius 3 is 1.21 bits per heavy atom. The summed E-state index contributed by atoms with van der Waals surface area (Å²) in [6, 6.07) is 19.5. The van der Waals surface area contributed by atoms with E-state index in [1.165, 1.54) is 16.7 Å². The van der Waals surface area contributed by atoms with E-state index in [1.54, 1.807) is 0 Å². The van der Waals surface area contributed by atoms with Crippen molar-refractivity contribution in [2.24, 2.45) is 0 Å². The molecule has 0 saturated heterocycles. The van der Waals surface area contributed by atoms with Gasteiger partial charge in [0.15, 0.2) is 0 Å². The van der Waals surface area contributed by atoms with Gasteiger partial charge in [0, 0.05) is 0 Å². The third-order valence-corrected chi connectivity index (χ3v) is 11.6. The number of hydrogen-bond acceptors (Lipinski definition) is 3. The van der Waals surface area contributed by atoms with Crippen LogP contribution in [0.1, 0.15) is 131 Å². The molecule has 0 radical (unpaired) electrons. The summed E-state index contributed by atoms with van der Waals surface area (Å²) < 4.78 is 0. The van der Waals surface area contributed by atoms with E-state index in [0.29, 0.717) is 0 Å². The molecule has 0 aliphatic heterocycles. The summed E-state index contributed by atoms with van der Waals surface area (Å²) in [6.07, 6.45) is 3.76. The van der Waals surface area contributed by atoms with Crippen molar-refractivity contribution in [3.63, 3.8) is 0 Å². The SMILES string of the molecule is CCC(C)(C)c1ccc(-c2cc([PH](O)(O)O)c(C(C)(C)CC)c(-c3ccc(C(C)(C)CC)cc3)c2C(C)(C)CC)cc1. The van der Waals surface area contributed by atoms with Gasteiger partial charge in [-0.15, -0.1) is 0 Å². The van der Waals surface area contributed by atoms with Gasteiger partial charge in [-0.05, 0) is 0 Å². The van der Waals surface area contributed by atoms with E-state index < -0.39 is 13.4 Å². The van der Waals surface area contributed by atoms with Crippen LogP contribution in [0.4, 0.5) is 0 Å². The Balaban J connectivity index is 2.58. The summed E-state index contributed by atoms with van der Waals surface area (Å²) >= 11 is 0. The fourth-order valence-electron chi connectivity index (χ4n) is 5.82.